The Bertz CT molecular complexity index is 526. The van der Waals surface area contributed by atoms with E-state index in [1.54, 1.807) is 6.92 Å². The average molecular weight is 574 g/mol. The summed E-state index contributed by atoms with van der Waals surface area (Å²) in [6, 6.07) is 0. The molecular formula is C18H24O6U. The number of ether oxygens (including phenoxy) is 2. The zero-order chi connectivity index (χ0) is 18.1. The van der Waals surface area contributed by atoms with Gasteiger partial charge >= 0.3 is 43.1 Å². The van der Waals surface area contributed by atoms with Gasteiger partial charge in [-0.15, -0.1) is 5.92 Å². The Kier molecular flexibility index (Phi) is 8.04. The van der Waals surface area contributed by atoms with Crippen LogP contribution < -0.4 is 0 Å². The van der Waals surface area contributed by atoms with Crippen molar-refractivity contribution < 1.29 is 59.8 Å². The smallest absolute Gasteiger partial charge is 0.542 e. The molecule has 0 spiro atoms. The summed E-state index contributed by atoms with van der Waals surface area (Å²) in [5.41, 5.74) is -0.135. The normalized spacial score (nSPS) is 31.4. The maximum atomic E-state index is 12.0. The molecule has 2 aliphatic rings. The molecule has 0 radical (unpaired) electrons. The van der Waals surface area contributed by atoms with Crippen LogP contribution in [0.1, 0.15) is 47.0 Å². The van der Waals surface area contributed by atoms with E-state index in [4.69, 9.17) is 9.47 Å². The van der Waals surface area contributed by atoms with E-state index in [1.165, 1.54) is 0 Å². The number of cyclic esters (lactones) is 2. The van der Waals surface area contributed by atoms with Crippen molar-refractivity contribution in [3.63, 3.8) is 0 Å². The van der Waals surface area contributed by atoms with Crippen LogP contribution in [0, 0.1) is 60.2 Å². The molecule has 0 N–H and O–H groups in total. The van der Waals surface area contributed by atoms with Crippen molar-refractivity contribution in [2.45, 2.75) is 59.2 Å². The molecule has 2 rings (SSSR count). The predicted molar refractivity (Wildman–Crippen MR) is 84.1 cm³/mol. The molecule has 0 saturated carbocycles. The Morgan fingerprint density at radius 2 is 1.80 bits per heavy atom. The van der Waals surface area contributed by atoms with E-state index in [0.29, 0.717) is 12.8 Å². The van der Waals surface area contributed by atoms with Gasteiger partial charge < -0.3 is 19.1 Å². The fourth-order valence-corrected chi connectivity index (χ4v) is 3.66. The van der Waals surface area contributed by atoms with Crippen molar-refractivity contribution in [2.75, 3.05) is 0 Å². The minimum absolute atomic E-state index is 0. The Morgan fingerprint density at radius 1 is 1.16 bits per heavy atom. The largest absolute Gasteiger partial charge is 2.00 e. The fraction of sp³-hybridized carbons (Fsp3) is 0.778. The van der Waals surface area contributed by atoms with Gasteiger partial charge in [0.05, 0.1) is 17.9 Å². The van der Waals surface area contributed by atoms with E-state index in [1.807, 2.05) is 33.3 Å². The van der Waals surface area contributed by atoms with Crippen LogP contribution in [0.5, 0.6) is 0 Å². The summed E-state index contributed by atoms with van der Waals surface area (Å²) in [5, 5.41) is 0. The average Bonchev–Trinajstić information content (AvgIpc) is 2.77. The molecule has 2 aliphatic heterocycles. The number of rotatable bonds is 6. The first-order valence-corrected chi connectivity index (χ1v) is 8.38. The third-order valence-electron chi connectivity index (χ3n) is 4.82. The molecule has 0 bridgehead atoms. The number of fused-ring (bicyclic) bond motifs is 1. The molecule has 6 nitrogen and oxygen atoms in total. The number of esters is 2. The van der Waals surface area contributed by atoms with E-state index in [9.17, 15) is 19.2 Å². The van der Waals surface area contributed by atoms with Crippen LogP contribution in [-0.2, 0) is 28.7 Å². The Morgan fingerprint density at radius 3 is 2.28 bits per heavy atom. The molecule has 136 valence electrons. The third kappa shape index (κ3) is 5.02. The summed E-state index contributed by atoms with van der Waals surface area (Å²) in [6.45, 7) is 7.81. The van der Waals surface area contributed by atoms with Crippen molar-refractivity contribution in [3.8, 4) is 0 Å². The molecule has 0 aromatic rings. The van der Waals surface area contributed by atoms with Crippen molar-refractivity contribution in [3.05, 3.63) is 0 Å². The Hall–Kier alpha value is -0.508. The second-order valence-electron chi connectivity index (χ2n) is 7.86. The monoisotopic (exact) mass is 574 g/mol. The second kappa shape index (κ2) is 8.92. The fourth-order valence-electron chi connectivity index (χ4n) is 3.66. The minimum Gasteiger partial charge on any atom is -0.542 e. The summed E-state index contributed by atoms with van der Waals surface area (Å²) < 4.78 is 10.8. The van der Waals surface area contributed by atoms with Crippen LogP contribution in [0.3, 0.4) is 0 Å². The van der Waals surface area contributed by atoms with E-state index in [-0.39, 0.29) is 42.9 Å². The molecule has 25 heavy (non-hydrogen) atoms. The predicted octanol–water partition coefficient (Wildman–Crippen LogP) is 1.76. The van der Waals surface area contributed by atoms with E-state index in [0.717, 1.165) is 0 Å². The van der Waals surface area contributed by atoms with Gasteiger partial charge in [0.2, 0.25) is 0 Å². The molecular weight excluding hydrogens is 550 g/mol. The molecule has 0 aromatic heterocycles. The first-order valence-electron chi connectivity index (χ1n) is 8.38. The van der Waals surface area contributed by atoms with Gasteiger partial charge in [0.1, 0.15) is 0 Å². The minimum atomic E-state index is -0.792. The molecule has 2 saturated heterocycles. The second-order valence-corrected chi connectivity index (χ2v) is 7.86. The molecule has 0 aliphatic carbocycles. The van der Waals surface area contributed by atoms with E-state index >= 15 is 0 Å². The first kappa shape index (κ1) is 22.5. The quantitative estimate of drug-likeness (QED) is 0.273. The molecule has 2 fully saturated rings. The number of hydrogen-bond acceptors (Lipinski definition) is 6. The van der Waals surface area contributed by atoms with Crippen LogP contribution >= 0.6 is 0 Å². The van der Waals surface area contributed by atoms with Crippen LogP contribution in [-0.4, -0.2) is 36.7 Å². The van der Waals surface area contributed by atoms with Gasteiger partial charge in [0.25, 0.3) is 0 Å². The molecule has 6 unspecified atom stereocenters. The Labute approximate surface area is 172 Å². The zero-order valence-corrected chi connectivity index (χ0v) is 19.2. The van der Waals surface area contributed by atoms with Crippen LogP contribution in [0.2, 0.25) is 0 Å². The van der Waals surface area contributed by atoms with Crippen LogP contribution in [0.15, 0.2) is 0 Å². The summed E-state index contributed by atoms with van der Waals surface area (Å²) in [4.78, 5) is 46.6. The maximum absolute atomic E-state index is 12.0. The van der Waals surface area contributed by atoms with Gasteiger partial charge in [-0.1, -0.05) is 34.1 Å². The SMILES string of the molecule is CCC([C-]=O)C([C-]=O)C1CC2C(=O)OC(=O)C2C(CC(C)(C)C)O1.[U+2]. The van der Waals surface area contributed by atoms with Crippen molar-refractivity contribution >= 4 is 24.5 Å². The van der Waals surface area contributed by atoms with Crippen molar-refractivity contribution in [1.29, 1.82) is 0 Å². The van der Waals surface area contributed by atoms with E-state index < -0.39 is 47.8 Å². The number of carbonyl (C=O) groups excluding carboxylic acids is 4. The topological polar surface area (TPSA) is 86.7 Å². The molecule has 0 amide bonds. The van der Waals surface area contributed by atoms with Crippen molar-refractivity contribution in [1.82, 2.24) is 0 Å². The van der Waals surface area contributed by atoms with Crippen LogP contribution in [0.4, 0.5) is 0 Å². The summed E-state index contributed by atoms with van der Waals surface area (Å²) in [6.07, 6.45) is 3.76. The summed E-state index contributed by atoms with van der Waals surface area (Å²) in [7, 11) is 0. The van der Waals surface area contributed by atoms with Crippen molar-refractivity contribution in [2.24, 2.45) is 29.1 Å². The molecule has 2 heterocycles. The standard InChI is InChI=1S/C18H24O6.U/c1-5-10(8-19)12(9-20)13-6-11-15(17(22)24-16(11)21)14(23-13)7-18(2,3)4;/h10-15H,5-7H2,1-4H3;/q-2;+2. The maximum Gasteiger partial charge on any atom is 2.00 e. The van der Waals surface area contributed by atoms with Gasteiger partial charge in [0.15, 0.2) is 0 Å². The van der Waals surface area contributed by atoms with Gasteiger partial charge in [-0.3, -0.25) is 22.2 Å². The van der Waals surface area contributed by atoms with E-state index in [2.05, 4.69) is 0 Å². The number of carbonyl (C=O) groups is 2. The van der Waals surface area contributed by atoms with Gasteiger partial charge in [0, 0.05) is 6.10 Å². The molecule has 7 heteroatoms. The molecule has 6 atom stereocenters. The summed E-state index contributed by atoms with van der Waals surface area (Å²) >= 11 is 0. The number of hydrogen-bond donors (Lipinski definition) is 0. The molecule has 0 aromatic carbocycles. The Balaban J connectivity index is 0.00000312. The third-order valence-corrected chi connectivity index (χ3v) is 4.82. The zero-order valence-electron chi connectivity index (χ0n) is 15.0. The van der Waals surface area contributed by atoms with Gasteiger partial charge in [-0.05, 0) is 18.3 Å². The van der Waals surface area contributed by atoms with Crippen LogP contribution in [0.25, 0.3) is 0 Å². The summed E-state index contributed by atoms with van der Waals surface area (Å²) in [5.74, 6) is -3.81. The van der Waals surface area contributed by atoms with Gasteiger partial charge in [-0.2, -0.15) is 5.92 Å². The van der Waals surface area contributed by atoms with Gasteiger partial charge in [-0.25, -0.2) is 0 Å². The first-order chi connectivity index (χ1) is 11.2.